The fraction of sp³-hybridized carbons (Fsp3) is 0.519. The molecule has 3 unspecified atom stereocenters. The summed E-state index contributed by atoms with van der Waals surface area (Å²) in [5.41, 5.74) is 1.22. The van der Waals surface area contributed by atoms with E-state index in [2.05, 4.69) is 49.5 Å². The lowest BCUT2D eigenvalue weighted by molar-refractivity contribution is 0.0922. The molecule has 5 rings (SSSR count). The van der Waals surface area contributed by atoms with Gasteiger partial charge in [-0.1, -0.05) is 19.0 Å². The fourth-order valence-electron chi connectivity index (χ4n) is 5.44. The van der Waals surface area contributed by atoms with Gasteiger partial charge in [0.1, 0.15) is 23.8 Å². The molecule has 1 amide bonds. The Morgan fingerprint density at radius 2 is 1.95 bits per heavy atom. The van der Waals surface area contributed by atoms with E-state index in [0.29, 0.717) is 17.9 Å². The van der Waals surface area contributed by atoms with Gasteiger partial charge in [0.2, 0.25) is 5.89 Å². The van der Waals surface area contributed by atoms with E-state index in [1.165, 1.54) is 24.5 Å². The van der Waals surface area contributed by atoms with E-state index < -0.39 is 17.8 Å². The van der Waals surface area contributed by atoms with E-state index >= 15 is 0 Å². The number of rotatable bonds is 8. The van der Waals surface area contributed by atoms with Crippen LogP contribution in [0.5, 0.6) is 0 Å². The van der Waals surface area contributed by atoms with Gasteiger partial charge in [-0.15, -0.1) is 0 Å². The number of halogens is 1. The molecule has 202 valence electrons. The first-order chi connectivity index (χ1) is 18.2. The van der Waals surface area contributed by atoms with Gasteiger partial charge in [-0.25, -0.2) is 14.4 Å². The van der Waals surface area contributed by atoms with Gasteiger partial charge in [-0.2, -0.15) is 4.98 Å². The Morgan fingerprint density at radius 1 is 1.21 bits per heavy atom. The molecule has 0 aliphatic carbocycles. The van der Waals surface area contributed by atoms with Crippen molar-refractivity contribution in [1.82, 2.24) is 25.4 Å². The number of hydrogen-bond donors (Lipinski definition) is 3. The van der Waals surface area contributed by atoms with Crippen LogP contribution in [0.15, 0.2) is 29.0 Å². The quantitative estimate of drug-likeness (QED) is 0.398. The van der Waals surface area contributed by atoms with E-state index in [-0.39, 0.29) is 29.7 Å². The molecule has 3 atom stereocenters. The molecule has 4 heterocycles. The first-order valence-electron chi connectivity index (χ1n) is 13.2. The van der Waals surface area contributed by atoms with Crippen molar-refractivity contribution in [3.8, 4) is 0 Å². The number of anilines is 3. The van der Waals surface area contributed by atoms with Crippen molar-refractivity contribution in [3.63, 3.8) is 0 Å². The molecule has 0 radical (unpaired) electrons. The minimum absolute atomic E-state index is 0.176. The second-order valence-electron chi connectivity index (χ2n) is 10.7. The maximum atomic E-state index is 14.9. The normalized spacial score (nSPS) is 21.6. The van der Waals surface area contributed by atoms with Crippen LogP contribution >= 0.6 is 0 Å². The summed E-state index contributed by atoms with van der Waals surface area (Å²) in [6.45, 7) is 7.52. The van der Waals surface area contributed by atoms with Crippen molar-refractivity contribution in [2.45, 2.75) is 83.3 Å². The Hall–Kier alpha value is -3.60. The van der Waals surface area contributed by atoms with Gasteiger partial charge in [0.25, 0.3) is 5.91 Å². The molecule has 3 N–H and O–H groups in total. The minimum atomic E-state index is -0.574. The molecule has 0 spiro atoms. The Morgan fingerprint density at radius 3 is 2.58 bits per heavy atom. The van der Waals surface area contributed by atoms with Gasteiger partial charge in [-0.3, -0.25) is 4.79 Å². The molecule has 2 fully saturated rings. The average Bonchev–Trinajstić information content (AvgIpc) is 3.49. The van der Waals surface area contributed by atoms with Crippen molar-refractivity contribution in [2.24, 2.45) is 0 Å². The third-order valence-electron chi connectivity index (χ3n) is 7.49. The van der Waals surface area contributed by atoms with Crippen LogP contribution in [0.25, 0.3) is 0 Å². The Kier molecular flexibility index (Phi) is 7.29. The number of benzene rings is 1. The molecule has 10 nitrogen and oxygen atoms in total. The largest absolute Gasteiger partial charge is 0.394 e. The maximum absolute atomic E-state index is 14.9. The van der Waals surface area contributed by atoms with Gasteiger partial charge in [-0.05, 0) is 57.7 Å². The predicted octanol–water partition coefficient (Wildman–Crippen LogP) is 4.20. The van der Waals surface area contributed by atoms with E-state index in [9.17, 15) is 9.18 Å². The number of aliphatic hydroxyl groups excluding tert-OH is 1. The van der Waals surface area contributed by atoms with Gasteiger partial charge in [0, 0.05) is 41.1 Å². The minimum Gasteiger partial charge on any atom is -0.394 e. The summed E-state index contributed by atoms with van der Waals surface area (Å²) in [7, 11) is 0. The molecule has 0 saturated carbocycles. The van der Waals surface area contributed by atoms with Crippen LogP contribution in [0.1, 0.15) is 85.9 Å². The van der Waals surface area contributed by atoms with E-state index in [4.69, 9.17) is 9.63 Å². The number of aromatic nitrogens is 4. The summed E-state index contributed by atoms with van der Waals surface area (Å²) < 4.78 is 20.5. The highest BCUT2D eigenvalue weighted by Crippen LogP contribution is 2.45. The Balaban J connectivity index is 1.32. The first kappa shape index (κ1) is 26.0. The van der Waals surface area contributed by atoms with Crippen LogP contribution in [-0.2, 0) is 0 Å². The van der Waals surface area contributed by atoms with E-state index in [1.54, 1.807) is 6.92 Å². The van der Waals surface area contributed by atoms with Crippen LogP contribution in [0.4, 0.5) is 21.7 Å². The Bertz CT molecular complexity index is 1300. The van der Waals surface area contributed by atoms with E-state index in [1.807, 2.05) is 6.92 Å². The van der Waals surface area contributed by atoms with Crippen molar-refractivity contribution >= 4 is 23.2 Å². The lowest BCUT2D eigenvalue weighted by Crippen LogP contribution is -2.43. The smallest absolute Gasteiger partial charge is 0.251 e. The standard InChI is InChI=1S/C27H34FN7O3/c1-14(2)23-33-27(38-34-23)18-9-19-6-7-20(10-18)35(19)25-16(4)24(29-13-30-25)32-22-8-5-17(11-21(22)28)26(37)31-15(3)12-36/h5,8,11,13-15,18-20,36H,6-7,9-10,12H2,1-4H3,(H,31,37)(H,29,30,32). The molecule has 1 aromatic carbocycles. The van der Waals surface area contributed by atoms with Crippen LogP contribution in [0.3, 0.4) is 0 Å². The van der Waals surface area contributed by atoms with Gasteiger partial charge in [0.05, 0.1) is 12.3 Å². The SMILES string of the molecule is Cc1c(Nc2ccc(C(=O)NC(C)CO)cc2F)ncnc1N1C2CCC1CC(c1nc(C(C)C)no1)C2. The molecule has 2 bridgehead atoms. The van der Waals surface area contributed by atoms with Crippen LogP contribution in [0, 0.1) is 12.7 Å². The molecule has 2 aliphatic rings. The third kappa shape index (κ3) is 5.07. The highest BCUT2D eigenvalue weighted by molar-refractivity contribution is 5.94. The summed E-state index contributed by atoms with van der Waals surface area (Å²) in [5, 5.41) is 19.0. The number of piperidine rings is 1. The summed E-state index contributed by atoms with van der Waals surface area (Å²) in [6.07, 6.45) is 5.45. The van der Waals surface area contributed by atoms with Gasteiger partial charge in [0.15, 0.2) is 5.82 Å². The number of aliphatic hydroxyl groups is 1. The zero-order valence-electron chi connectivity index (χ0n) is 22.1. The summed E-state index contributed by atoms with van der Waals surface area (Å²) >= 11 is 0. The van der Waals surface area contributed by atoms with E-state index in [0.717, 1.165) is 48.8 Å². The number of carbonyl (C=O) groups is 1. The van der Waals surface area contributed by atoms with Crippen molar-refractivity contribution in [2.75, 3.05) is 16.8 Å². The maximum Gasteiger partial charge on any atom is 0.251 e. The zero-order valence-corrected chi connectivity index (χ0v) is 22.1. The third-order valence-corrected chi connectivity index (χ3v) is 7.49. The summed E-state index contributed by atoms with van der Waals surface area (Å²) in [4.78, 5) is 28.3. The Labute approximate surface area is 221 Å². The lowest BCUT2D eigenvalue weighted by Gasteiger charge is -2.39. The molecular formula is C27H34FN7O3. The monoisotopic (exact) mass is 523 g/mol. The van der Waals surface area contributed by atoms with Gasteiger partial charge < -0.3 is 25.2 Å². The zero-order chi connectivity index (χ0) is 27.0. The second kappa shape index (κ2) is 10.6. The fourth-order valence-corrected chi connectivity index (χ4v) is 5.44. The molecule has 2 saturated heterocycles. The summed E-state index contributed by atoms with van der Waals surface area (Å²) in [5.74, 6) is 2.27. The first-order valence-corrected chi connectivity index (χ1v) is 13.2. The molecule has 3 aromatic rings. The number of hydrogen-bond acceptors (Lipinski definition) is 9. The molecule has 2 aromatic heterocycles. The number of fused-ring (bicyclic) bond motifs is 2. The molecule has 2 aliphatic heterocycles. The predicted molar refractivity (Wildman–Crippen MR) is 140 cm³/mol. The second-order valence-corrected chi connectivity index (χ2v) is 10.7. The van der Waals surface area contributed by atoms with Gasteiger partial charge >= 0.3 is 0 Å². The number of amides is 1. The van der Waals surface area contributed by atoms with Crippen LogP contribution in [0.2, 0.25) is 0 Å². The van der Waals surface area contributed by atoms with Crippen LogP contribution in [-0.4, -0.2) is 55.9 Å². The number of nitrogens with one attached hydrogen (secondary N) is 2. The molecule has 11 heteroatoms. The van der Waals surface area contributed by atoms with Crippen LogP contribution < -0.4 is 15.5 Å². The average molecular weight is 524 g/mol. The topological polar surface area (TPSA) is 129 Å². The summed E-state index contributed by atoms with van der Waals surface area (Å²) in [6, 6.07) is 4.40. The molecule has 38 heavy (non-hydrogen) atoms. The lowest BCUT2D eigenvalue weighted by atomic mass is 9.90. The molecular weight excluding hydrogens is 489 g/mol. The highest BCUT2D eigenvalue weighted by Gasteiger charge is 2.44. The number of nitrogens with zero attached hydrogens (tertiary/aromatic N) is 5. The van der Waals surface area contributed by atoms with Crippen molar-refractivity contribution in [1.29, 1.82) is 0 Å². The van der Waals surface area contributed by atoms with Crippen molar-refractivity contribution in [3.05, 3.63) is 53.2 Å². The number of carbonyl (C=O) groups excluding carboxylic acids is 1. The van der Waals surface area contributed by atoms with Crippen molar-refractivity contribution < 1.29 is 18.8 Å². The highest BCUT2D eigenvalue weighted by atomic mass is 19.1.